The van der Waals surface area contributed by atoms with Crippen LogP contribution in [0.1, 0.15) is 18.1 Å². The Bertz CT molecular complexity index is 492. The number of benzene rings is 1. The van der Waals surface area contributed by atoms with Gasteiger partial charge < -0.3 is 20.1 Å². The van der Waals surface area contributed by atoms with Crippen LogP contribution in [0, 0.1) is 0 Å². The van der Waals surface area contributed by atoms with E-state index >= 15 is 0 Å². The zero-order valence-corrected chi connectivity index (χ0v) is 14.5. The normalized spacial score (nSPS) is 14.3. The smallest absolute Gasteiger partial charge is 0.191 e. The zero-order valence-electron chi connectivity index (χ0n) is 12.2. The fourth-order valence-corrected chi connectivity index (χ4v) is 2.34. The van der Waals surface area contributed by atoms with E-state index in [2.05, 4.69) is 16.0 Å². The van der Waals surface area contributed by atoms with Gasteiger partial charge >= 0.3 is 0 Å². The molecule has 0 saturated carbocycles. The molecule has 112 valence electrons. The molecule has 0 spiro atoms. The number of rotatable bonds is 3. The lowest BCUT2D eigenvalue weighted by Crippen LogP contribution is -2.41. The summed E-state index contributed by atoms with van der Waals surface area (Å²) in [4.78, 5) is 6.36. The van der Waals surface area contributed by atoms with Crippen molar-refractivity contribution in [2.75, 3.05) is 27.3 Å². The molecule has 2 N–H and O–H groups in total. The van der Waals surface area contributed by atoms with Crippen molar-refractivity contribution in [3.63, 3.8) is 0 Å². The van der Waals surface area contributed by atoms with Gasteiger partial charge in [0.15, 0.2) is 17.5 Å². The Morgan fingerprint density at radius 3 is 2.40 bits per heavy atom. The van der Waals surface area contributed by atoms with Gasteiger partial charge in [-0.05, 0) is 36.6 Å². The average molecular weight is 391 g/mol. The molecule has 0 bridgehead atoms. The molecule has 0 unspecified atom stereocenters. The molecule has 6 heteroatoms. The summed E-state index contributed by atoms with van der Waals surface area (Å²) in [5, 5.41) is 0. The molecule has 20 heavy (non-hydrogen) atoms. The molecule has 0 amide bonds. The molecular formula is C14H22IN3O2. The molecule has 0 aliphatic carbocycles. The van der Waals surface area contributed by atoms with Crippen LogP contribution in [0.15, 0.2) is 17.1 Å². The number of ether oxygens (including phenoxy) is 2. The van der Waals surface area contributed by atoms with E-state index in [1.807, 2.05) is 13.0 Å². The van der Waals surface area contributed by atoms with Crippen molar-refractivity contribution in [1.82, 2.24) is 4.90 Å². The zero-order chi connectivity index (χ0) is 13.8. The maximum absolute atomic E-state index is 5.96. The minimum atomic E-state index is 0. The van der Waals surface area contributed by atoms with Crippen LogP contribution < -0.4 is 15.2 Å². The third-order valence-electron chi connectivity index (χ3n) is 3.36. The predicted octanol–water partition coefficient (Wildman–Crippen LogP) is 2.01. The van der Waals surface area contributed by atoms with Crippen molar-refractivity contribution in [2.45, 2.75) is 19.9 Å². The highest BCUT2D eigenvalue weighted by molar-refractivity contribution is 14.0. The van der Waals surface area contributed by atoms with Crippen LogP contribution in [-0.4, -0.2) is 38.2 Å². The van der Waals surface area contributed by atoms with Gasteiger partial charge in [-0.25, -0.2) is 0 Å². The highest BCUT2D eigenvalue weighted by atomic mass is 127. The SMILES string of the molecule is CCN=C(N)N1CCc2cc(OC)c(OC)cc2C1.I. The molecule has 2 rings (SSSR count). The van der Waals surface area contributed by atoms with E-state index < -0.39 is 0 Å². The maximum Gasteiger partial charge on any atom is 0.191 e. The molecular weight excluding hydrogens is 369 g/mol. The third kappa shape index (κ3) is 3.47. The number of hydrogen-bond acceptors (Lipinski definition) is 3. The van der Waals surface area contributed by atoms with Gasteiger partial charge in [-0.3, -0.25) is 4.99 Å². The molecule has 0 atom stereocenters. The molecule has 0 aromatic heterocycles. The molecule has 1 aliphatic rings. The lowest BCUT2D eigenvalue weighted by molar-refractivity contribution is 0.347. The van der Waals surface area contributed by atoms with Gasteiger partial charge in [0.1, 0.15) is 0 Å². The number of fused-ring (bicyclic) bond motifs is 1. The summed E-state index contributed by atoms with van der Waals surface area (Å²) in [5.74, 6) is 2.15. The summed E-state index contributed by atoms with van der Waals surface area (Å²) in [6.45, 7) is 4.35. The molecule has 0 saturated heterocycles. The van der Waals surface area contributed by atoms with Gasteiger partial charge in [-0.15, -0.1) is 24.0 Å². The van der Waals surface area contributed by atoms with E-state index in [4.69, 9.17) is 15.2 Å². The summed E-state index contributed by atoms with van der Waals surface area (Å²) < 4.78 is 10.7. The van der Waals surface area contributed by atoms with E-state index in [9.17, 15) is 0 Å². The van der Waals surface area contributed by atoms with Crippen molar-refractivity contribution in [2.24, 2.45) is 10.7 Å². The molecule has 0 fully saturated rings. The Labute approximate surface area is 137 Å². The molecule has 5 nitrogen and oxygen atoms in total. The summed E-state index contributed by atoms with van der Waals surface area (Å²) in [6, 6.07) is 4.08. The van der Waals surface area contributed by atoms with Crippen molar-refractivity contribution in [1.29, 1.82) is 0 Å². The number of methoxy groups -OCH3 is 2. The van der Waals surface area contributed by atoms with Crippen molar-refractivity contribution >= 4 is 29.9 Å². The number of aliphatic imine (C=N–C) groups is 1. The molecule has 0 radical (unpaired) electrons. The Morgan fingerprint density at radius 1 is 1.25 bits per heavy atom. The van der Waals surface area contributed by atoms with E-state index in [1.54, 1.807) is 14.2 Å². The van der Waals surface area contributed by atoms with Crippen LogP contribution in [0.25, 0.3) is 0 Å². The van der Waals surface area contributed by atoms with Crippen molar-refractivity contribution in [3.05, 3.63) is 23.3 Å². The van der Waals surface area contributed by atoms with Gasteiger partial charge in [-0.1, -0.05) is 0 Å². The lowest BCUT2D eigenvalue weighted by Gasteiger charge is -2.30. The Hall–Kier alpha value is -1.18. The second-order valence-corrected chi connectivity index (χ2v) is 4.48. The van der Waals surface area contributed by atoms with Gasteiger partial charge in [0.2, 0.25) is 0 Å². The van der Waals surface area contributed by atoms with Crippen LogP contribution in [0.2, 0.25) is 0 Å². The van der Waals surface area contributed by atoms with Crippen LogP contribution in [-0.2, 0) is 13.0 Å². The van der Waals surface area contributed by atoms with Crippen LogP contribution in [0.3, 0.4) is 0 Å². The average Bonchev–Trinajstić information content (AvgIpc) is 2.45. The van der Waals surface area contributed by atoms with E-state index in [0.29, 0.717) is 12.5 Å². The number of nitrogens with zero attached hydrogens (tertiary/aromatic N) is 2. The monoisotopic (exact) mass is 391 g/mol. The molecule has 1 aromatic carbocycles. The topological polar surface area (TPSA) is 60.1 Å². The molecule has 1 heterocycles. The number of hydrogen-bond donors (Lipinski definition) is 1. The number of nitrogens with two attached hydrogens (primary N) is 1. The fourth-order valence-electron chi connectivity index (χ4n) is 2.34. The summed E-state index contributed by atoms with van der Waals surface area (Å²) in [7, 11) is 3.31. The number of halogens is 1. The Kier molecular flexibility index (Phi) is 6.38. The standard InChI is InChI=1S/C14H21N3O2.HI/c1-4-16-14(15)17-6-5-10-7-12(18-2)13(19-3)8-11(10)9-17;/h7-8H,4-6,9H2,1-3H3,(H2,15,16);1H. The van der Waals surface area contributed by atoms with Crippen LogP contribution >= 0.6 is 24.0 Å². The Balaban J connectivity index is 0.00000200. The van der Waals surface area contributed by atoms with Crippen LogP contribution in [0.5, 0.6) is 11.5 Å². The summed E-state index contributed by atoms with van der Waals surface area (Å²) in [6.07, 6.45) is 0.940. The predicted molar refractivity (Wildman–Crippen MR) is 91.2 cm³/mol. The third-order valence-corrected chi connectivity index (χ3v) is 3.36. The first-order valence-corrected chi connectivity index (χ1v) is 6.48. The minimum absolute atomic E-state index is 0. The first-order valence-electron chi connectivity index (χ1n) is 6.48. The minimum Gasteiger partial charge on any atom is -0.493 e. The van der Waals surface area contributed by atoms with Gasteiger partial charge in [0, 0.05) is 19.6 Å². The van der Waals surface area contributed by atoms with E-state index in [0.717, 1.165) is 31.0 Å². The highest BCUT2D eigenvalue weighted by Crippen LogP contribution is 2.33. The van der Waals surface area contributed by atoms with Crippen molar-refractivity contribution < 1.29 is 9.47 Å². The first kappa shape index (κ1) is 16.9. The Morgan fingerprint density at radius 2 is 1.85 bits per heavy atom. The fraction of sp³-hybridized carbons (Fsp3) is 0.500. The van der Waals surface area contributed by atoms with Gasteiger partial charge in [-0.2, -0.15) is 0 Å². The second kappa shape index (κ2) is 7.56. The maximum atomic E-state index is 5.96. The van der Waals surface area contributed by atoms with Gasteiger partial charge in [0.25, 0.3) is 0 Å². The van der Waals surface area contributed by atoms with Crippen molar-refractivity contribution in [3.8, 4) is 11.5 Å². The first-order chi connectivity index (χ1) is 9.19. The lowest BCUT2D eigenvalue weighted by atomic mass is 9.99. The highest BCUT2D eigenvalue weighted by Gasteiger charge is 2.20. The largest absolute Gasteiger partial charge is 0.493 e. The van der Waals surface area contributed by atoms with E-state index in [-0.39, 0.29) is 24.0 Å². The van der Waals surface area contributed by atoms with Gasteiger partial charge in [0.05, 0.1) is 14.2 Å². The number of guanidine groups is 1. The van der Waals surface area contributed by atoms with E-state index in [1.165, 1.54) is 11.1 Å². The summed E-state index contributed by atoms with van der Waals surface area (Å²) >= 11 is 0. The quantitative estimate of drug-likeness (QED) is 0.487. The molecule has 1 aliphatic heterocycles. The second-order valence-electron chi connectivity index (χ2n) is 4.48. The van der Waals surface area contributed by atoms with Crippen LogP contribution in [0.4, 0.5) is 0 Å². The summed E-state index contributed by atoms with van der Waals surface area (Å²) in [5.41, 5.74) is 8.47. The molecule has 1 aromatic rings.